The second-order valence-corrected chi connectivity index (χ2v) is 8.89. The number of alkyl halides is 3. The van der Waals surface area contributed by atoms with E-state index in [0.29, 0.717) is 22.6 Å². The van der Waals surface area contributed by atoms with Gasteiger partial charge >= 0.3 is 6.18 Å². The molecular weight excluding hydrogens is 579 g/mol. The summed E-state index contributed by atoms with van der Waals surface area (Å²) in [4.78, 5) is 13.0. The van der Waals surface area contributed by atoms with Crippen LogP contribution in [-0.2, 0) is 11.4 Å². The number of hydrogen-bond donors (Lipinski definition) is 1. The van der Waals surface area contributed by atoms with Crippen molar-refractivity contribution in [2.45, 2.75) is 18.8 Å². The minimum Gasteiger partial charge on any atom is -0.493 e. The lowest BCUT2D eigenvalue weighted by atomic mass is 10.0. The molecule has 10 heteroatoms. The molecule has 1 N–H and O–H groups in total. The molecule has 1 heterocycles. The van der Waals surface area contributed by atoms with E-state index in [1.807, 2.05) is 0 Å². The standard InChI is InChI=1S/C25H19F4IN2O3/c1-34-21-11-4-16(13-22(21)35-14-15-2-5-17(26)6-3-15)12-20-23(25(27,28)29)31-32(24(20)33)19-9-7-18(30)8-10-19/h2-13,23,31H,14H2,1H3/b20-12-. The molecule has 1 aliphatic rings. The largest absolute Gasteiger partial charge is 0.493 e. The molecule has 1 aliphatic heterocycles. The van der Waals surface area contributed by atoms with E-state index in [4.69, 9.17) is 9.47 Å². The number of carbonyl (C=O) groups is 1. The van der Waals surface area contributed by atoms with Gasteiger partial charge in [-0.15, -0.1) is 0 Å². The minimum atomic E-state index is -4.70. The molecule has 0 radical (unpaired) electrons. The topological polar surface area (TPSA) is 50.8 Å². The van der Waals surface area contributed by atoms with Crippen molar-refractivity contribution in [1.29, 1.82) is 0 Å². The Labute approximate surface area is 212 Å². The number of rotatable bonds is 6. The summed E-state index contributed by atoms with van der Waals surface area (Å²) < 4.78 is 66.5. The van der Waals surface area contributed by atoms with Crippen molar-refractivity contribution in [3.05, 3.63) is 92.8 Å². The van der Waals surface area contributed by atoms with Gasteiger partial charge < -0.3 is 9.47 Å². The summed E-state index contributed by atoms with van der Waals surface area (Å²) in [6, 6.07) is 14.6. The Hall–Kier alpha value is -3.12. The van der Waals surface area contributed by atoms with E-state index in [1.165, 1.54) is 37.5 Å². The Bertz CT molecular complexity index is 1250. The molecule has 3 aromatic rings. The number of anilines is 1. The van der Waals surface area contributed by atoms with Gasteiger partial charge in [-0.3, -0.25) is 4.79 Å². The zero-order valence-electron chi connectivity index (χ0n) is 18.3. The van der Waals surface area contributed by atoms with E-state index < -0.39 is 23.7 Å². The Balaban J connectivity index is 1.64. The number of amides is 1. The van der Waals surface area contributed by atoms with Gasteiger partial charge in [-0.1, -0.05) is 18.2 Å². The third-order valence-electron chi connectivity index (χ3n) is 5.25. The third-order valence-corrected chi connectivity index (χ3v) is 5.97. The molecule has 1 saturated heterocycles. The van der Waals surface area contributed by atoms with E-state index in [0.717, 1.165) is 8.58 Å². The maximum absolute atomic E-state index is 13.8. The van der Waals surface area contributed by atoms with Crippen LogP contribution in [0.2, 0.25) is 0 Å². The quantitative estimate of drug-likeness (QED) is 0.219. The number of halogens is 5. The lowest BCUT2D eigenvalue weighted by Gasteiger charge is -2.19. The van der Waals surface area contributed by atoms with Gasteiger partial charge in [-0.05, 0) is 88.3 Å². The molecule has 1 atom stereocenters. The summed E-state index contributed by atoms with van der Waals surface area (Å²) >= 11 is 2.07. The van der Waals surface area contributed by atoms with E-state index in [2.05, 4.69) is 28.0 Å². The monoisotopic (exact) mass is 598 g/mol. The SMILES string of the molecule is COc1ccc(/C=C2\C(=O)N(c3ccc(I)cc3)NC2C(F)(F)F)cc1OCc1ccc(F)cc1. The molecule has 0 aromatic heterocycles. The molecular formula is C25H19F4IN2O3. The fourth-order valence-electron chi connectivity index (χ4n) is 3.50. The molecule has 1 amide bonds. The Morgan fingerprint density at radius 3 is 2.34 bits per heavy atom. The fourth-order valence-corrected chi connectivity index (χ4v) is 3.86. The molecule has 5 nitrogen and oxygen atoms in total. The van der Waals surface area contributed by atoms with Gasteiger partial charge in [0.15, 0.2) is 17.5 Å². The molecule has 4 rings (SSSR count). The van der Waals surface area contributed by atoms with Gasteiger partial charge in [0.2, 0.25) is 0 Å². The van der Waals surface area contributed by atoms with Crippen LogP contribution in [0.5, 0.6) is 11.5 Å². The number of hydrogen-bond acceptors (Lipinski definition) is 4. The number of nitrogens with zero attached hydrogens (tertiary/aromatic N) is 1. The fraction of sp³-hybridized carbons (Fsp3) is 0.160. The first-order chi connectivity index (χ1) is 16.7. The van der Waals surface area contributed by atoms with E-state index in [1.54, 1.807) is 42.5 Å². The van der Waals surface area contributed by atoms with Crippen LogP contribution in [0.3, 0.4) is 0 Å². The Morgan fingerprint density at radius 1 is 1.03 bits per heavy atom. The minimum absolute atomic E-state index is 0.0862. The van der Waals surface area contributed by atoms with Crippen LogP contribution in [-0.4, -0.2) is 25.2 Å². The van der Waals surface area contributed by atoms with Crippen molar-refractivity contribution in [2.75, 3.05) is 12.1 Å². The van der Waals surface area contributed by atoms with Gasteiger partial charge in [0.1, 0.15) is 12.4 Å². The van der Waals surface area contributed by atoms with Crippen molar-refractivity contribution >= 4 is 40.3 Å². The predicted octanol–water partition coefficient (Wildman–Crippen LogP) is 5.88. The second kappa shape index (κ2) is 10.2. The molecule has 1 unspecified atom stereocenters. The maximum atomic E-state index is 13.8. The molecule has 182 valence electrons. The summed E-state index contributed by atoms with van der Waals surface area (Å²) in [5, 5.41) is 0.898. The van der Waals surface area contributed by atoms with Crippen LogP contribution in [0.15, 0.2) is 72.3 Å². The first kappa shape index (κ1) is 25.0. The summed E-state index contributed by atoms with van der Waals surface area (Å²) in [5.74, 6) is -0.563. The number of benzene rings is 3. The lowest BCUT2D eigenvalue weighted by molar-refractivity contribution is -0.144. The highest BCUT2D eigenvalue weighted by Gasteiger charge is 2.51. The highest BCUT2D eigenvalue weighted by atomic mass is 127. The van der Waals surface area contributed by atoms with E-state index in [-0.39, 0.29) is 18.2 Å². The molecule has 0 spiro atoms. The lowest BCUT2D eigenvalue weighted by Crippen LogP contribution is -2.44. The first-order valence-corrected chi connectivity index (χ1v) is 11.4. The van der Waals surface area contributed by atoms with Crippen LogP contribution in [0.4, 0.5) is 23.2 Å². The third kappa shape index (κ3) is 5.76. The van der Waals surface area contributed by atoms with E-state index >= 15 is 0 Å². The molecule has 0 saturated carbocycles. The van der Waals surface area contributed by atoms with Gasteiger partial charge in [-0.25, -0.2) is 14.8 Å². The zero-order valence-corrected chi connectivity index (χ0v) is 20.4. The first-order valence-electron chi connectivity index (χ1n) is 10.4. The van der Waals surface area contributed by atoms with E-state index in [9.17, 15) is 22.4 Å². The van der Waals surface area contributed by atoms with Crippen LogP contribution in [0.1, 0.15) is 11.1 Å². The highest BCUT2D eigenvalue weighted by Crippen LogP contribution is 2.35. The Morgan fingerprint density at radius 2 is 1.71 bits per heavy atom. The Kier molecular flexibility index (Phi) is 7.31. The number of hydrazine groups is 1. The van der Waals surface area contributed by atoms with Crippen LogP contribution in [0, 0.1) is 9.39 Å². The van der Waals surface area contributed by atoms with Crippen LogP contribution < -0.4 is 19.9 Å². The zero-order chi connectivity index (χ0) is 25.2. The van der Waals surface area contributed by atoms with Crippen molar-refractivity contribution in [1.82, 2.24) is 5.43 Å². The second-order valence-electron chi connectivity index (χ2n) is 7.65. The number of ether oxygens (including phenoxy) is 2. The normalized spacial score (nSPS) is 17.2. The smallest absolute Gasteiger partial charge is 0.409 e. The maximum Gasteiger partial charge on any atom is 0.409 e. The van der Waals surface area contributed by atoms with Gasteiger partial charge in [0.25, 0.3) is 5.91 Å². The summed E-state index contributed by atoms with van der Waals surface area (Å²) in [6.07, 6.45) is -3.52. The molecule has 0 bridgehead atoms. The van der Waals surface area contributed by atoms with Crippen molar-refractivity contribution < 1.29 is 31.8 Å². The molecule has 0 aliphatic carbocycles. The average Bonchev–Trinajstić information content (AvgIpc) is 3.16. The van der Waals surface area contributed by atoms with Crippen LogP contribution in [0.25, 0.3) is 6.08 Å². The van der Waals surface area contributed by atoms with Gasteiger partial charge in [-0.2, -0.15) is 13.2 Å². The molecule has 35 heavy (non-hydrogen) atoms. The summed E-state index contributed by atoms with van der Waals surface area (Å²) in [6.45, 7) is 0.0862. The number of nitrogens with one attached hydrogen (secondary N) is 1. The average molecular weight is 598 g/mol. The van der Waals surface area contributed by atoms with Crippen LogP contribution >= 0.6 is 22.6 Å². The van der Waals surface area contributed by atoms with Crippen molar-refractivity contribution in [3.8, 4) is 11.5 Å². The molecule has 1 fully saturated rings. The molecule has 3 aromatic carbocycles. The number of methoxy groups -OCH3 is 1. The number of carbonyl (C=O) groups excluding carboxylic acids is 1. The van der Waals surface area contributed by atoms with Gasteiger partial charge in [0, 0.05) is 9.14 Å². The van der Waals surface area contributed by atoms with Crippen molar-refractivity contribution in [3.63, 3.8) is 0 Å². The van der Waals surface area contributed by atoms with Crippen molar-refractivity contribution in [2.24, 2.45) is 0 Å². The van der Waals surface area contributed by atoms with Gasteiger partial charge in [0.05, 0.1) is 12.8 Å². The summed E-state index contributed by atoms with van der Waals surface area (Å²) in [5.41, 5.74) is 3.14. The predicted molar refractivity (Wildman–Crippen MR) is 131 cm³/mol. The highest BCUT2D eigenvalue weighted by molar-refractivity contribution is 14.1. The summed E-state index contributed by atoms with van der Waals surface area (Å²) in [7, 11) is 1.43.